The smallest absolute Gasteiger partial charge is 0.164 e. The van der Waals surface area contributed by atoms with Gasteiger partial charge in [-0.25, -0.2) is 29.9 Å². The number of aromatic nitrogens is 7. The maximum atomic E-state index is 5.37. The lowest BCUT2D eigenvalue weighted by Crippen LogP contribution is -2.01. The first-order valence-corrected chi connectivity index (χ1v) is 34.7. The van der Waals surface area contributed by atoms with E-state index in [1.807, 2.05) is 36.4 Å². The predicted octanol–water partition coefficient (Wildman–Crippen LogP) is 24.5. The molecule has 18 rings (SSSR count). The summed E-state index contributed by atoms with van der Waals surface area (Å²) in [4.78, 5) is 31.8. The monoisotopic (exact) mass is 1310 g/mol. The van der Waals surface area contributed by atoms with Crippen LogP contribution in [0.3, 0.4) is 0 Å². The molecule has 103 heavy (non-hydrogen) atoms. The molecule has 482 valence electrons. The van der Waals surface area contributed by atoms with E-state index in [-0.39, 0.29) is 0 Å². The SMILES string of the molecule is c1ccc(-c2cc(-c3ccccc3)cc(-c3nc(-c4ccccc4)nc(-c4ccc(-c5cc(-c6ccccc6)cc6c7cc(-c8ccccc8)cc(-c8ccc(-c9nc(-c%10ccccc%10)nc(-c%10cc(-c%11ccccc%11)cc(-c%11ccccc%11)c%10)n9)cc8)c7n(-c7ccccc7)c56)cc4)n3)c2)cc1. The lowest BCUT2D eigenvalue weighted by molar-refractivity contribution is 1.07. The summed E-state index contributed by atoms with van der Waals surface area (Å²) in [6.45, 7) is 0. The molecule has 0 fully saturated rings. The summed E-state index contributed by atoms with van der Waals surface area (Å²) >= 11 is 0. The molecule has 0 saturated heterocycles. The largest absolute Gasteiger partial charge is 0.308 e. The quantitative estimate of drug-likeness (QED) is 0.102. The van der Waals surface area contributed by atoms with Crippen LogP contribution in [0.15, 0.2) is 382 Å². The Labute approximate surface area is 597 Å². The Morgan fingerprint density at radius 1 is 0.146 bits per heavy atom. The van der Waals surface area contributed by atoms with Crippen molar-refractivity contribution in [3.05, 3.63) is 382 Å². The standard InChI is InChI=1S/C96H63N7/c1-10-28-64(29-11-1)76-54-77(65-30-12-2-13-31-65)57-82(56-76)95-99-91(72-40-22-7-23-41-72)97-93(101-95)74-50-46-70(47-51-74)85-60-80(68-36-18-5-19-37-68)62-87-88-63-81(69-38-20-6-21-39-69)61-86(90(88)103(89(85)87)84-44-26-9-27-45-84)71-48-52-75(53-49-71)94-98-92(73-42-24-8-25-43-73)100-96(102-94)83-58-78(66-32-14-3-15-33-66)55-79(59-83)67-34-16-4-17-35-67/h1-63H. The van der Waals surface area contributed by atoms with Crippen molar-refractivity contribution in [2.24, 2.45) is 0 Å². The van der Waals surface area contributed by atoms with E-state index in [0.717, 1.165) is 150 Å². The number of hydrogen-bond donors (Lipinski definition) is 0. The first-order valence-electron chi connectivity index (χ1n) is 34.7. The molecule has 0 radical (unpaired) electrons. The van der Waals surface area contributed by atoms with Crippen LogP contribution in [0.4, 0.5) is 0 Å². The number of hydrogen-bond acceptors (Lipinski definition) is 6. The average Bonchev–Trinajstić information content (AvgIpc) is 1.43. The molecule has 0 bridgehead atoms. The molecule has 3 aromatic heterocycles. The average molecular weight is 1310 g/mol. The van der Waals surface area contributed by atoms with Gasteiger partial charge in [0.25, 0.3) is 0 Å². The van der Waals surface area contributed by atoms with Gasteiger partial charge in [-0.1, -0.05) is 309 Å². The molecule has 7 heteroatoms. The molecule has 15 aromatic carbocycles. The summed E-state index contributed by atoms with van der Waals surface area (Å²) in [5, 5.41) is 2.24. The highest BCUT2D eigenvalue weighted by Gasteiger charge is 2.25. The Morgan fingerprint density at radius 3 is 0.602 bits per heavy atom. The first kappa shape index (κ1) is 61.5. The maximum Gasteiger partial charge on any atom is 0.164 e. The van der Waals surface area contributed by atoms with Crippen LogP contribution in [-0.4, -0.2) is 34.5 Å². The van der Waals surface area contributed by atoms with Crippen molar-refractivity contribution in [1.82, 2.24) is 34.5 Å². The Balaban J connectivity index is 0.812. The van der Waals surface area contributed by atoms with Crippen molar-refractivity contribution < 1.29 is 0 Å². The van der Waals surface area contributed by atoms with Crippen LogP contribution in [0.25, 0.3) is 185 Å². The molecule has 0 N–H and O–H groups in total. The molecule has 0 amide bonds. The fourth-order valence-corrected chi connectivity index (χ4v) is 14.1. The third kappa shape index (κ3) is 12.3. The minimum absolute atomic E-state index is 0.575. The highest BCUT2D eigenvalue weighted by molar-refractivity contribution is 6.19. The number of benzene rings is 15. The number of nitrogens with zero attached hydrogens (tertiary/aromatic N) is 7. The van der Waals surface area contributed by atoms with Crippen LogP contribution in [-0.2, 0) is 0 Å². The van der Waals surface area contributed by atoms with Crippen molar-refractivity contribution in [3.63, 3.8) is 0 Å². The summed E-state index contributed by atoms with van der Waals surface area (Å²) in [7, 11) is 0. The van der Waals surface area contributed by atoms with E-state index in [2.05, 4.69) is 350 Å². The normalized spacial score (nSPS) is 11.3. The van der Waals surface area contributed by atoms with Crippen LogP contribution >= 0.6 is 0 Å². The van der Waals surface area contributed by atoms with Crippen molar-refractivity contribution in [2.75, 3.05) is 0 Å². The van der Waals surface area contributed by atoms with Crippen molar-refractivity contribution in [2.45, 2.75) is 0 Å². The molecule has 0 unspecified atom stereocenters. The molecule has 7 nitrogen and oxygen atoms in total. The highest BCUT2D eigenvalue weighted by Crippen LogP contribution is 2.47. The zero-order valence-electron chi connectivity index (χ0n) is 56.0. The minimum atomic E-state index is 0.575. The van der Waals surface area contributed by atoms with Crippen molar-refractivity contribution in [1.29, 1.82) is 0 Å². The number of fused-ring (bicyclic) bond motifs is 3. The maximum absolute atomic E-state index is 5.37. The van der Waals surface area contributed by atoms with E-state index in [0.29, 0.717) is 34.9 Å². The van der Waals surface area contributed by atoms with Gasteiger partial charge in [-0.05, 0) is 151 Å². The van der Waals surface area contributed by atoms with Gasteiger partial charge in [-0.3, -0.25) is 0 Å². The van der Waals surface area contributed by atoms with Gasteiger partial charge in [0.1, 0.15) is 0 Å². The number of para-hydroxylation sites is 1. The third-order valence-corrected chi connectivity index (χ3v) is 19.2. The summed E-state index contributed by atoms with van der Waals surface area (Å²) in [5.74, 6) is 3.51. The minimum Gasteiger partial charge on any atom is -0.308 e. The molecule has 0 spiro atoms. The molecule has 0 aliphatic heterocycles. The van der Waals surface area contributed by atoms with Crippen LogP contribution in [0, 0.1) is 0 Å². The number of rotatable bonds is 15. The van der Waals surface area contributed by atoms with E-state index < -0.39 is 0 Å². The third-order valence-electron chi connectivity index (χ3n) is 19.2. The summed E-state index contributed by atoms with van der Waals surface area (Å²) < 4.78 is 2.48. The van der Waals surface area contributed by atoms with Gasteiger partial charge in [-0.15, -0.1) is 0 Å². The fraction of sp³-hybridized carbons (Fsp3) is 0. The Kier molecular flexibility index (Phi) is 16.2. The van der Waals surface area contributed by atoms with Gasteiger partial charge < -0.3 is 4.57 Å². The van der Waals surface area contributed by atoms with E-state index in [1.165, 1.54) is 0 Å². The molecular formula is C96H63N7. The fourth-order valence-electron chi connectivity index (χ4n) is 14.1. The summed E-state index contributed by atoms with van der Waals surface area (Å²) in [5.41, 5.74) is 25.9. The Bertz CT molecular complexity index is 5610. The summed E-state index contributed by atoms with van der Waals surface area (Å²) in [6, 6.07) is 135. The van der Waals surface area contributed by atoms with Crippen LogP contribution in [0.1, 0.15) is 0 Å². The van der Waals surface area contributed by atoms with Crippen LogP contribution in [0.2, 0.25) is 0 Å². The first-order chi connectivity index (χ1) is 51.0. The van der Waals surface area contributed by atoms with Gasteiger partial charge in [0.05, 0.1) is 11.0 Å². The van der Waals surface area contributed by atoms with Crippen molar-refractivity contribution in [3.8, 4) is 163 Å². The predicted molar refractivity (Wildman–Crippen MR) is 424 cm³/mol. The lowest BCUT2D eigenvalue weighted by Gasteiger charge is -2.16. The van der Waals surface area contributed by atoms with E-state index in [9.17, 15) is 0 Å². The zero-order chi connectivity index (χ0) is 68.4. The van der Waals surface area contributed by atoms with Gasteiger partial charge in [0.2, 0.25) is 0 Å². The Morgan fingerprint density at radius 2 is 0.340 bits per heavy atom. The van der Waals surface area contributed by atoms with Crippen LogP contribution < -0.4 is 0 Å². The molecule has 3 heterocycles. The topological polar surface area (TPSA) is 82.3 Å². The highest BCUT2D eigenvalue weighted by atomic mass is 15.0. The van der Waals surface area contributed by atoms with Crippen LogP contribution in [0.5, 0.6) is 0 Å². The molecule has 0 atom stereocenters. The van der Waals surface area contributed by atoms with Gasteiger partial charge in [0.15, 0.2) is 34.9 Å². The lowest BCUT2D eigenvalue weighted by atomic mass is 9.93. The molecule has 0 aliphatic carbocycles. The van der Waals surface area contributed by atoms with Gasteiger partial charge in [0, 0.05) is 61.0 Å². The van der Waals surface area contributed by atoms with Crippen molar-refractivity contribution >= 4 is 21.8 Å². The van der Waals surface area contributed by atoms with Gasteiger partial charge >= 0.3 is 0 Å². The molecule has 18 aromatic rings. The molecule has 0 aliphatic rings. The van der Waals surface area contributed by atoms with Gasteiger partial charge in [-0.2, -0.15) is 0 Å². The molecular weight excluding hydrogens is 1250 g/mol. The van der Waals surface area contributed by atoms with E-state index in [4.69, 9.17) is 29.9 Å². The second kappa shape index (κ2) is 27.1. The second-order valence-electron chi connectivity index (χ2n) is 25.8. The second-order valence-corrected chi connectivity index (χ2v) is 25.8. The van der Waals surface area contributed by atoms with E-state index in [1.54, 1.807) is 0 Å². The summed E-state index contributed by atoms with van der Waals surface area (Å²) in [6.07, 6.45) is 0. The van der Waals surface area contributed by atoms with E-state index >= 15 is 0 Å². The Hall–Kier alpha value is -13.9. The zero-order valence-corrected chi connectivity index (χ0v) is 56.0. The molecule has 0 saturated carbocycles.